The van der Waals surface area contributed by atoms with Gasteiger partial charge in [0.05, 0.1) is 6.04 Å². The number of anilines is 1. The summed E-state index contributed by atoms with van der Waals surface area (Å²) in [5, 5.41) is 2.72. The van der Waals surface area contributed by atoms with Gasteiger partial charge in [-0.25, -0.2) is 4.79 Å². The number of benzene rings is 1. The fraction of sp³-hybridized carbons (Fsp3) is 0.417. The molecular weight excluding hydrogens is 204 g/mol. The van der Waals surface area contributed by atoms with Crippen molar-refractivity contribution in [2.45, 2.75) is 27.3 Å². The van der Waals surface area contributed by atoms with E-state index < -0.39 is 0 Å². The van der Waals surface area contributed by atoms with Crippen LogP contribution in [0.25, 0.3) is 0 Å². The topological polar surface area (TPSA) is 64.3 Å². The molecule has 0 aliphatic carbocycles. The van der Waals surface area contributed by atoms with Crippen LogP contribution >= 0.6 is 0 Å². The Morgan fingerprint density at radius 1 is 1.31 bits per heavy atom. The third-order valence-corrected chi connectivity index (χ3v) is 2.20. The summed E-state index contributed by atoms with van der Waals surface area (Å²) >= 11 is 0. The summed E-state index contributed by atoms with van der Waals surface area (Å²) in [4.78, 5) is 10.7. The lowest BCUT2D eigenvalue weighted by molar-refractivity contribution is 0.177. The largest absolute Gasteiger partial charge is 0.447 e. The van der Waals surface area contributed by atoms with Gasteiger partial charge in [0.15, 0.2) is 0 Å². The molecule has 1 aliphatic heterocycles. The summed E-state index contributed by atoms with van der Waals surface area (Å²) in [6.45, 7) is 0.448. The monoisotopic (exact) mass is 224 g/mol. The zero-order valence-corrected chi connectivity index (χ0v) is 7.69. The first-order valence-corrected chi connectivity index (χ1v) is 4.52. The Labute approximate surface area is 96.8 Å². The predicted molar refractivity (Wildman–Crippen MR) is 66.3 cm³/mol. The quantitative estimate of drug-likeness (QED) is 0.757. The molecule has 1 aromatic carbocycles. The average Bonchev–Trinajstić information content (AvgIpc) is 2.56. The Morgan fingerprint density at radius 2 is 1.94 bits per heavy atom. The molecule has 90 valence electrons. The highest BCUT2D eigenvalue weighted by Gasteiger charge is 2.21. The normalized spacial score (nSPS) is 17.8. The first-order chi connectivity index (χ1) is 6.74. The van der Waals surface area contributed by atoms with Gasteiger partial charge >= 0.3 is 6.09 Å². The molecule has 0 radical (unpaired) electrons. The molecule has 16 heavy (non-hydrogen) atoms. The fourth-order valence-electron chi connectivity index (χ4n) is 1.47. The van der Waals surface area contributed by atoms with Crippen molar-refractivity contribution >= 4 is 11.8 Å². The van der Waals surface area contributed by atoms with E-state index in [2.05, 4.69) is 5.32 Å². The smallest absolute Gasteiger partial charge is 0.407 e. The van der Waals surface area contributed by atoms with Crippen molar-refractivity contribution in [1.82, 2.24) is 5.32 Å². The van der Waals surface area contributed by atoms with Crippen molar-refractivity contribution in [2.75, 3.05) is 12.3 Å². The SMILES string of the molecule is C.C.Nc1ccc(C[C@H]2COC(=O)N2)cc1. The van der Waals surface area contributed by atoms with Gasteiger partial charge < -0.3 is 15.8 Å². The van der Waals surface area contributed by atoms with Crippen LogP contribution in [0.1, 0.15) is 20.4 Å². The van der Waals surface area contributed by atoms with E-state index in [9.17, 15) is 4.79 Å². The van der Waals surface area contributed by atoms with Gasteiger partial charge in [-0.2, -0.15) is 0 Å². The molecule has 4 nitrogen and oxygen atoms in total. The van der Waals surface area contributed by atoms with Gasteiger partial charge in [0.1, 0.15) is 6.61 Å². The van der Waals surface area contributed by atoms with E-state index in [1.165, 1.54) is 0 Å². The van der Waals surface area contributed by atoms with Crippen molar-refractivity contribution in [3.8, 4) is 0 Å². The highest BCUT2D eigenvalue weighted by molar-refractivity contribution is 5.69. The molecule has 1 atom stereocenters. The van der Waals surface area contributed by atoms with Crippen LogP contribution in [0.4, 0.5) is 10.5 Å². The Kier molecular flexibility index (Phi) is 5.36. The number of rotatable bonds is 2. The van der Waals surface area contributed by atoms with Gasteiger partial charge in [-0.1, -0.05) is 27.0 Å². The minimum absolute atomic E-state index is 0. The van der Waals surface area contributed by atoms with Crippen LogP contribution in [-0.4, -0.2) is 18.7 Å². The van der Waals surface area contributed by atoms with E-state index in [0.717, 1.165) is 17.7 Å². The second-order valence-corrected chi connectivity index (χ2v) is 3.39. The van der Waals surface area contributed by atoms with Crippen molar-refractivity contribution in [3.05, 3.63) is 29.8 Å². The molecule has 2 rings (SSSR count). The Morgan fingerprint density at radius 3 is 2.44 bits per heavy atom. The van der Waals surface area contributed by atoms with Gasteiger partial charge in [-0.3, -0.25) is 0 Å². The number of carbonyl (C=O) groups excluding carboxylic acids is 1. The zero-order chi connectivity index (χ0) is 9.97. The van der Waals surface area contributed by atoms with E-state index in [4.69, 9.17) is 10.5 Å². The molecule has 1 aliphatic rings. The minimum Gasteiger partial charge on any atom is -0.447 e. The number of hydrogen-bond acceptors (Lipinski definition) is 3. The minimum atomic E-state index is -0.328. The number of nitrogens with two attached hydrogens (primary N) is 1. The van der Waals surface area contributed by atoms with E-state index in [-0.39, 0.29) is 27.0 Å². The molecule has 0 bridgehead atoms. The summed E-state index contributed by atoms with van der Waals surface area (Å²) in [6, 6.07) is 7.71. The molecule has 0 unspecified atom stereocenters. The van der Waals surface area contributed by atoms with Crippen LogP contribution in [0.3, 0.4) is 0 Å². The van der Waals surface area contributed by atoms with Gasteiger partial charge in [0, 0.05) is 5.69 Å². The van der Waals surface area contributed by atoms with Crippen LogP contribution in [0.5, 0.6) is 0 Å². The maximum Gasteiger partial charge on any atom is 0.407 e. The van der Waals surface area contributed by atoms with Crippen LogP contribution in [0, 0.1) is 0 Å². The van der Waals surface area contributed by atoms with Crippen molar-refractivity contribution in [1.29, 1.82) is 0 Å². The predicted octanol–water partition coefficient (Wildman–Crippen LogP) is 2.19. The summed E-state index contributed by atoms with van der Waals surface area (Å²) < 4.78 is 4.79. The maximum atomic E-state index is 10.7. The molecule has 0 spiro atoms. The van der Waals surface area contributed by atoms with E-state index >= 15 is 0 Å². The number of nitrogens with one attached hydrogen (secondary N) is 1. The molecule has 1 amide bonds. The number of hydrogen-bond donors (Lipinski definition) is 2. The molecule has 4 heteroatoms. The number of amides is 1. The van der Waals surface area contributed by atoms with E-state index in [1.807, 2.05) is 24.3 Å². The molecule has 0 aromatic heterocycles. The number of cyclic esters (lactones) is 1. The van der Waals surface area contributed by atoms with Crippen molar-refractivity contribution < 1.29 is 9.53 Å². The summed E-state index contributed by atoms with van der Waals surface area (Å²) in [5.74, 6) is 0. The number of ether oxygens (including phenoxy) is 1. The van der Waals surface area contributed by atoms with E-state index in [1.54, 1.807) is 0 Å². The molecule has 1 heterocycles. The van der Waals surface area contributed by atoms with Crippen LogP contribution in [-0.2, 0) is 11.2 Å². The van der Waals surface area contributed by atoms with E-state index in [0.29, 0.717) is 6.61 Å². The fourth-order valence-corrected chi connectivity index (χ4v) is 1.47. The number of alkyl carbamates (subject to hydrolysis) is 1. The summed E-state index contributed by atoms with van der Waals surface area (Å²) in [7, 11) is 0. The molecule has 0 saturated carbocycles. The summed E-state index contributed by atoms with van der Waals surface area (Å²) in [6.07, 6.45) is 0.455. The molecule has 1 aromatic rings. The lowest BCUT2D eigenvalue weighted by Gasteiger charge is -2.06. The number of carbonyl (C=O) groups is 1. The number of nitrogen functional groups attached to an aromatic ring is 1. The molecule has 3 N–H and O–H groups in total. The first-order valence-electron chi connectivity index (χ1n) is 4.52. The standard InChI is InChI=1S/C10H12N2O2.2CH4/c11-8-3-1-7(2-4-8)5-9-6-14-10(13)12-9;;/h1-4,9H,5-6,11H2,(H,12,13);2*1H4/t9-;;/m0../s1. The van der Waals surface area contributed by atoms with Crippen molar-refractivity contribution in [3.63, 3.8) is 0 Å². The molecular formula is C12H20N2O2. The Balaban J connectivity index is 0.00000112. The second kappa shape index (κ2) is 6.00. The Bertz CT molecular complexity index is 335. The third kappa shape index (κ3) is 3.46. The van der Waals surface area contributed by atoms with Crippen LogP contribution in [0.2, 0.25) is 0 Å². The highest BCUT2D eigenvalue weighted by atomic mass is 16.6. The van der Waals surface area contributed by atoms with Crippen LogP contribution < -0.4 is 11.1 Å². The maximum absolute atomic E-state index is 10.7. The average molecular weight is 224 g/mol. The third-order valence-electron chi connectivity index (χ3n) is 2.20. The second-order valence-electron chi connectivity index (χ2n) is 3.39. The summed E-state index contributed by atoms with van der Waals surface area (Å²) in [5.41, 5.74) is 7.46. The van der Waals surface area contributed by atoms with Gasteiger partial charge in [0.2, 0.25) is 0 Å². The van der Waals surface area contributed by atoms with Crippen LogP contribution in [0.15, 0.2) is 24.3 Å². The highest BCUT2D eigenvalue weighted by Crippen LogP contribution is 2.10. The van der Waals surface area contributed by atoms with Gasteiger partial charge in [0.25, 0.3) is 0 Å². The molecule has 1 fully saturated rings. The zero-order valence-electron chi connectivity index (χ0n) is 7.69. The van der Waals surface area contributed by atoms with Gasteiger partial charge in [-0.15, -0.1) is 0 Å². The Hall–Kier alpha value is -1.71. The lowest BCUT2D eigenvalue weighted by atomic mass is 10.1. The lowest BCUT2D eigenvalue weighted by Crippen LogP contribution is -2.28. The first kappa shape index (κ1) is 14.3. The van der Waals surface area contributed by atoms with Crippen molar-refractivity contribution in [2.24, 2.45) is 0 Å². The van der Waals surface area contributed by atoms with Gasteiger partial charge in [-0.05, 0) is 24.1 Å². The molecule has 1 saturated heterocycles.